The number of aliphatic carboxylic acids is 1. The van der Waals surface area contributed by atoms with Crippen molar-refractivity contribution in [2.24, 2.45) is 0 Å². The Balaban J connectivity index is 2.76. The molecule has 5 heteroatoms. The molecule has 0 radical (unpaired) electrons. The minimum atomic E-state index is -1.06. The van der Waals surface area contributed by atoms with Gasteiger partial charge in [0, 0.05) is 5.56 Å². The molecule has 0 saturated carbocycles. The fourth-order valence-electron chi connectivity index (χ4n) is 1.67. The first-order valence-corrected chi connectivity index (χ1v) is 5.60. The third-order valence-electron chi connectivity index (χ3n) is 2.60. The number of carboxylic acid groups (broad SMARTS) is 1. The van der Waals surface area contributed by atoms with Crippen molar-refractivity contribution in [3.05, 3.63) is 29.3 Å². The van der Waals surface area contributed by atoms with Crippen molar-refractivity contribution >= 4 is 11.9 Å². The Morgan fingerprint density at radius 3 is 2.67 bits per heavy atom. The van der Waals surface area contributed by atoms with Crippen molar-refractivity contribution in [2.75, 3.05) is 7.11 Å². The number of carbonyl (C=O) groups is 2. The van der Waals surface area contributed by atoms with Crippen LogP contribution in [0.5, 0.6) is 5.75 Å². The molecule has 0 fully saturated rings. The molecule has 2 N–H and O–H groups in total. The number of benzene rings is 1. The number of amides is 1. The smallest absolute Gasteiger partial charge is 0.325 e. The average Bonchev–Trinajstić information content (AvgIpc) is 2.28. The van der Waals surface area contributed by atoms with Gasteiger partial charge in [-0.1, -0.05) is 18.2 Å². The number of para-hydroxylation sites is 1. The van der Waals surface area contributed by atoms with E-state index >= 15 is 0 Å². The molecule has 1 aromatic rings. The van der Waals surface area contributed by atoms with Gasteiger partial charge in [-0.05, 0) is 19.4 Å². The van der Waals surface area contributed by atoms with Crippen molar-refractivity contribution in [3.8, 4) is 5.75 Å². The van der Waals surface area contributed by atoms with Crippen LogP contribution >= 0.6 is 0 Å². The molecule has 1 amide bonds. The normalized spacial score (nSPS) is 11.7. The first-order chi connectivity index (χ1) is 8.45. The van der Waals surface area contributed by atoms with Crippen molar-refractivity contribution in [1.29, 1.82) is 0 Å². The average molecular weight is 251 g/mol. The molecule has 5 nitrogen and oxygen atoms in total. The second-order valence-corrected chi connectivity index (χ2v) is 4.07. The van der Waals surface area contributed by atoms with Crippen LogP contribution in [-0.2, 0) is 16.0 Å². The summed E-state index contributed by atoms with van der Waals surface area (Å²) in [6.07, 6.45) is 0.0997. The third-order valence-corrected chi connectivity index (χ3v) is 2.60. The molecule has 0 saturated heterocycles. The van der Waals surface area contributed by atoms with E-state index in [1.807, 2.05) is 19.1 Å². The number of hydrogen-bond donors (Lipinski definition) is 2. The highest BCUT2D eigenvalue weighted by atomic mass is 16.5. The predicted octanol–water partition coefficient (Wildman–Crippen LogP) is 1.14. The molecule has 1 aromatic carbocycles. The van der Waals surface area contributed by atoms with Crippen LogP contribution in [0.3, 0.4) is 0 Å². The lowest BCUT2D eigenvalue weighted by molar-refractivity contribution is -0.141. The SMILES string of the molecule is COc1c(C)cccc1CC(=O)N[C@@H](C)C(=O)O. The minimum Gasteiger partial charge on any atom is -0.496 e. The summed E-state index contributed by atoms with van der Waals surface area (Å²) in [6, 6.07) is 4.62. The first-order valence-electron chi connectivity index (χ1n) is 5.60. The van der Waals surface area contributed by atoms with E-state index in [9.17, 15) is 9.59 Å². The Bertz CT molecular complexity index is 456. The van der Waals surface area contributed by atoms with Gasteiger partial charge in [-0.2, -0.15) is 0 Å². The van der Waals surface area contributed by atoms with Crippen LogP contribution in [-0.4, -0.2) is 30.1 Å². The summed E-state index contributed by atoms with van der Waals surface area (Å²) in [5, 5.41) is 11.1. The van der Waals surface area contributed by atoms with Crippen molar-refractivity contribution in [3.63, 3.8) is 0 Å². The molecule has 98 valence electrons. The van der Waals surface area contributed by atoms with Crippen LogP contribution in [0.2, 0.25) is 0 Å². The number of carboxylic acids is 1. The number of hydrogen-bond acceptors (Lipinski definition) is 3. The van der Waals surface area contributed by atoms with Gasteiger partial charge in [0.1, 0.15) is 11.8 Å². The molecule has 1 atom stereocenters. The van der Waals surface area contributed by atoms with E-state index in [2.05, 4.69) is 5.32 Å². The van der Waals surface area contributed by atoms with Crippen LogP contribution in [0.25, 0.3) is 0 Å². The highest BCUT2D eigenvalue weighted by molar-refractivity contribution is 5.85. The van der Waals surface area contributed by atoms with Gasteiger partial charge in [0.25, 0.3) is 0 Å². The predicted molar refractivity (Wildman–Crippen MR) is 66.7 cm³/mol. The molecule has 18 heavy (non-hydrogen) atoms. The maximum absolute atomic E-state index is 11.7. The summed E-state index contributed by atoms with van der Waals surface area (Å²) in [5.41, 5.74) is 1.68. The fraction of sp³-hybridized carbons (Fsp3) is 0.385. The van der Waals surface area contributed by atoms with Crippen LogP contribution < -0.4 is 10.1 Å². The van der Waals surface area contributed by atoms with E-state index in [0.29, 0.717) is 5.75 Å². The third kappa shape index (κ3) is 3.48. The molecule has 0 heterocycles. The topological polar surface area (TPSA) is 75.6 Å². The molecule has 0 spiro atoms. The number of ether oxygens (including phenoxy) is 1. The van der Waals surface area contributed by atoms with E-state index in [0.717, 1.165) is 11.1 Å². The summed E-state index contributed by atoms with van der Waals surface area (Å²) < 4.78 is 5.23. The van der Waals surface area contributed by atoms with Crippen LogP contribution in [0.15, 0.2) is 18.2 Å². The highest BCUT2D eigenvalue weighted by Gasteiger charge is 2.16. The zero-order valence-corrected chi connectivity index (χ0v) is 10.7. The Morgan fingerprint density at radius 2 is 2.11 bits per heavy atom. The van der Waals surface area contributed by atoms with E-state index in [-0.39, 0.29) is 12.3 Å². The van der Waals surface area contributed by atoms with E-state index < -0.39 is 12.0 Å². The summed E-state index contributed by atoms with van der Waals surface area (Å²) in [6.45, 7) is 3.31. The quantitative estimate of drug-likeness (QED) is 0.822. The molecule has 0 unspecified atom stereocenters. The Labute approximate surface area is 106 Å². The lowest BCUT2D eigenvalue weighted by Crippen LogP contribution is -2.39. The Morgan fingerprint density at radius 1 is 1.44 bits per heavy atom. The number of aryl methyl sites for hydroxylation is 1. The van der Waals surface area contributed by atoms with Crippen molar-refractivity contribution < 1.29 is 19.4 Å². The van der Waals surface area contributed by atoms with Gasteiger partial charge in [0.05, 0.1) is 13.5 Å². The van der Waals surface area contributed by atoms with Gasteiger partial charge in [-0.15, -0.1) is 0 Å². The van der Waals surface area contributed by atoms with Gasteiger partial charge in [0.2, 0.25) is 5.91 Å². The second kappa shape index (κ2) is 6.05. The first kappa shape index (κ1) is 14.0. The van der Waals surface area contributed by atoms with Gasteiger partial charge in [0.15, 0.2) is 0 Å². The summed E-state index contributed by atoms with van der Waals surface area (Å²) in [4.78, 5) is 22.3. The van der Waals surface area contributed by atoms with E-state index in [4.69, 9.17) is 9.84 Å². The van der Waals surface area contributed by atoms with Crippen LogP contribution in [0.1, 0.15) is 18.1 Å². The zero-order chi connectivity index (χ0) is 13.7. The zero-order valence-electron chi connectivity index (χ0n) is 10.7. The molecular weight excluding hydrogens is 234 g/mol. The van der Waals surface area contributed by atoms with Crippen LogP contribution in [0.4, 0.5) is 0 Å². The van der Waals surface area contributed by atoms with E-state index in [1.165, 1.54) is 6.92 Å². The molecular formula is C13H17NO4. The number of methoxy groups -OCH3 is 1. The molecule has 0 aromatic heterocycles. The summed E-state index contributed by atoms with van der Waals surface area (Å²) >= 11 is 0. The number of rotatable bonds is 5. The van der Waals surface area contributed by atoms with E-state index in [1.54, 1.807) is 13.2 Å². The van der Waals surface area contributed by atoms with Crippen molar-refractivity contribution in [1.82, 2.24) is 5.32 Å². The monoisotopic (exact) mass is 251 g/mol. The Kier molecular flexibility index (Phi) is 4.71. The molecule has 0 aliphatic carbocycles. The van der Waals surface area contributed by atoms with Gasteiger partial charge < -0.3 is 15.2 Å². The number of nitrogens with one attached hydrogen (secondary N) is 1. The van der Waals surface area contributed by atoms with Crippen molar-refractivity contribution in [2.45, 2.75) is 26.3 Å². The molecule has 1 rings (SSSR count). The van der Waals surface area contributed by atoms with Gasteiger partial charge >= 0.3 is 5.97 Å². The summed E-state index contributed by atoms with van der Waals surface area (Å²) in [7, 11) is 1.55. The lowest BCUT2D eigenvalue weighted by atomic mass is 10.1. The number of carbonyl (C=O) groups excluding carboxylic acids is 1. The largest absolute Gasteiger partial charge is 0.496 e. The maximum atomic E-state index is 11.7. The molecule has 0 aliphatic heterocycles. The fourth-order valence-corrected chi connectivity index (χ4v) is 1.67. The summed E-state index contributed by atoms with van der Waals surface area (Å²) in [5.74, 6) is -0.732. The molecule has 0 aliphatic rings. The van der Waals surface area contributed by atoms with Crippen LogP contribution in [0, 0.1) is 6.92 Å². The lowest BCUT2D eigenvalue weighted by Gasteiger charge is -2.12. The molecule has 0 bridgehead atoms. The minimum absolute atomic E-state index is 0.0997. The van der Waals surface area contributed by atoms with Gasteiger partial charge in [-0.25, -0.2) is 0 Å². The highest BCUT2D eigenvalue weighted by Crippen LogP contribution is 2.23. The second-order valence-electron chi connectivity index (χ2n) is 4.07. The Hall–Kier alpha value is -2.04. The van der Waals surface area contributed by atoms with Gasteiger partial charge in [-0.3, -0.25) is 9.59 Å². The standard InChI is InChI=1S/C13H17NO4/c1-8-5-4-6-10(12(8)18-3)7-11(15)14-9(2)13(16)17/h4-6,9H,7H2,1-3H3,(H,14,15)(H,16,17)/t9-/m0/s1. The maximum Gasteiger partial charge on any atom is 0.325 e.